The molecule has 1 spiro atoms. The van der Waals surface area contributed by atoms with Gasteiger partial charge in [-0.25, -0.2) is 15.0 Å². The van der Waals surface area contributed by atoms with E-state index in [2.05, 4.69) is 145 Å². The largest absolute Gasteiger partial charge is 0.264 e. The van der Waals surface area contributed by atoms with Crippen LogP contribution in [0.1, 0.15) is 48.8 Å². The van der Waals surface area contributed by atoms with Gasteiger partial charge in [0.1, 0.15) is 0 Å². The number of rotatable bonds is 7. The van der Waals surface area contributed by atoms with E-state index in [1.165, 1.54) is 52.6 Å². The van der Waals surface area contributed by atoms with Gasteiger partial charge in [0.05, 0.1) is 11.6 Å². The van der Waals surface area contributed by atoms with E-state index in [-0.39, 0.29) is 5.41 Å². The van der Waals surface area contributed by atoms with E-state index < -0.39 is 0 Å². The SMILES string of the molecule is N#Cc1ccc2c(c1)-c1c(-c3cccc(-c4ccc(-c5cccc(-c6nc(-c7ccccc7)nc(-c7ccc(-c8cccnc8)cc7)n6)c5)cc4)c3)cccc1C21CCCCC1. The Bertz CT molecular complexity index is 3140. The van der Waals surface area contributed by atoms with Crippen LogP contribution >= 0.6 is 0 Å². The van der Waals surface area contributed by atoms with E-state index in [1.807, 2.05) is 48.7 Å². The molecule has 0 aliphatic heterocycles. The Morgan fingerprint density at radius 3 is 1.61 bits per heavy atom. The molecule has 0 bridgehead atoms. The molecule has 0 radical (unpaired) electrons. The second kappa shape index (κ2) is 15.7. The fourth-order valence-corrected chi connectivity index (χ4v) is 9.81. The molecule has 0 unspecified atom stereocenters. The number of hydrogen-bond acceptors (Lipinski definition) is 5. The summed E-state index contributed by atoms with van der Waals surface area (Å²) in [7, 11) is 0. The van der Waals surface area contributed by atoms with Crippen molar-refractivity contribution >= 4 is 0 Å². The minimum atomic E-state index is 0.0288. The van der Waals surface area contributed by atoms with Crippen molar-refractivity contribution in [2.24, 2.45) is 0 Å². The Hall–Kier alpha value is -7.81. The summed E-state index contributed by atoms with van der Waals surface area (Å²) in [5, 5.41) is 9.90. The number of hydrogen-bond donors (Lipinski definition) is 0. The molecule has 5 nitrogen and oxygen atoms in total. The average molecular weight is 796 g/mol. The van der Waals surface area contributed by atoms with Crippen LogP contribution in [0.3, 0.4) is 0 Å². The Balaban J connectivity index is 0.915. The second-order valence-corrected chi connectivity index (χ2v) is 16.5. The van der Waals surface area contributed by atoms with Crippen molar-refractivity contribution in [3.05, 3.63) is 205 Å². The van der Waals surface area contributed by atoms with Crippen LogP contribution in [0.15, 0.2) is 188 Å². The first-order chi connectivity index (χ1) is 30.6. The number of nitrogens with zero attached hydrogens (tertiary/aromatic N) is 5. The number of pyridine rings is 1. The Morgan fingerprint density at radius 1 is 0.403 bits per heavy atom. The molecule has 294 valence electrons. The van der Waals surface area contributed by atoms with Crippen molar-refractivity contribution in [2.75, 3.05) is 0 Å². The summed E-state index contributed by atoms with van der Waals surface area (Å²) in [5.41, 5.74) is 17.9. The van der Waals surface area contributed by atoms with Gasteiger partial charge in [0, 0.05) is 34.5 Å². The maximum atomic E-state index is 9.90. The molecule has 62 heavy (non-hydrogen) atoms. The molecular weight excluding hydrogens is 755 g/mol. The first-order valence-corrected chi connectivity index (χ1v) is 21.5. The van der Waals surface area contributed by atoms with Crippen LogP contribution in [0, 0.1) is 11.3 Å². The molecule has 2 aliphatic rings. The number of fused-ring (bicyclic) bond motifs is 5. The van der Waals surface area contributed by atoms with Gasteiger partial charge in [-0.15, -0.1) is 0 Å². The van der Waals surface area contributed by atoms with E-state index in [4.69, 9.17) is 15.0 Å². The van der Waals surface area contributed by atoms with Gasteiger partial charge in [-0.05, 0) is 110 Å². The lowest BCUT2D eigenvalue weighted by Crippen LogP contribution is -2.28. The Morgan fingerprint density at radius 2 is 0.952 bits per heavy atom. The number of aromatic nitrogens is 4. The van der Waals surface area contributed by atoms with Gasteiger partial charge in [-0.3, -0.25) is 4.98 Å². The molecule has 0 saturated heterocycles. The predicted octanol–water partition coefficient (Wildman–Crippen LogP) is 14.0. The molecule has 1 fully saturated rings. The van der Waals surface area contributed by atoms with Crippen molar-refractivity contribution in [3.63, 3.8) is 0 Å². The fourth-order valence-electron chi connectivity index (χ4n) is 9.81. The Labute approximate surface area is 362 Å². The quantitative estimate of drug-likeness (QED) is 0.161. The molecule has 2 heterocycles. The zero-order valence-electron chi connectivity index (χ0n) is 34.2. The molecule has 1 saturated carbocycles. The highest BCUT2D eigenvalue weighted by Gasteiger charge is 2.44. The summed E-state index contributed by atoms with van der Waals surface area (Å²) in [4.78, 5) is 19.3. The van der Waals surface area contributed by atoms with E-state index in [0.29, 0.717) is 17.5 Å². The lowest BCUT2D eigenvalue weighted by Gasteiger charge is -2.36. The minimum Gasteiger partial charge on any atom is -0.264 e. The fraction of sp³-hybridized carbons (Fsp3) is 0.105. The van der Waals surface area contributed by atoms with Gasteiger partial charge in [0.15, 0.2) is 17.5 Å². The smallest absolute Gasteiger partial charge is 0.164 e. The summed E-state index contributed by atoms with van der Waals surface area (Å²) >= 11 is 0. The average Bonchev–Trinajstić information content (AvgIpc) is 3.62. The van der Waals surface area contributed by atoms with Crippen LogP contribution in [0.4, 0.5) is 0 Å². The summed E-state index contributed by atoms with van der Waals surface area (Å²) in [5.74, 6) is 1.87. The third kappa shape index (κ3) is 6.67. The third-order valence-electron chi connectivity index (χ3n) is 12.9. The molecule has 0 atom stereocenters. The molecule has 9 aromatic rings. The first-order valence-electron chi connectivity index (χ1n) is 21.5. The summed E-state index contributed by atoms with van der Waals surface area (Å²) in [6.07, 6.45) is 9.72. The summed E-state index contributed by atoms with van der Waals surface area (Å²) in [6.45, 7) is 0. The molecule has 7 aromatic carbocycles. The second-order valence-electron chi connectivity index (χ2n) is 16.5. The Kier molecular flexibility index (Phi) is 9.40. The van der Waals surface area contributed by atoms with Crippen LogP contribution in [0.2, 0.25) is 0 Å². The van der Waals surface area contributed by atoms with Gasteiger partial charge >= 0.3 is 0 Å². The highest BCUT2D eigenvalue weighted by Crippen LogP contribution is 2.58. The molecule has 5 heteroatoms. The van der Waals surface area contributed by atoms with Crippen molar-refractivity contribution in [3.8, 4) is 95.9 Å². The van der Waals surface area contributed by atoms with Gasteiger partial charge in [0.25, 0.3) is 0 Å². The standard InChI is InChI=1S/C57H41N5/c58-36-38-20-29-51-50(33-38)53-49(18-9-19-52(53)57(51)30-5-2-6-31-57)46-15-7-13-44(34-46)39-21-23-40(24-22-39)45-14-8-16-47(35-45)56-61-54(42-11-3-1-4-12-42)60-55(62-56)43-27-25-41(26-28-43)48-17-10-32-59-37-48/h1,3-4,7-29,32-35,37H,2,5-6,30-31H2. The molecule has 0 N–H and O–H groups in total. The molecule has 2 aliphatic carbocycles. The molecule has 11 rings (SSSR count). The number of benzene rings is 7. The highest BCUT2D eigenvalue weighted by molar-refractivity contribution is 5.94. The van der Waals surface area contributed by atoms with Crippen LogP contribution in [0.25, 0.3) is 89.8 Å². The maximum Gasteiger partial charge on any atom is 0.164 e. The lowest BCUT2D eigenvalue weighted by molar-refractivity contribution is 0.353. The van der Waals surface area contributed by atoms with Crippen LogP contribution in [-0.2, 0) is 5.41 Å². The number of nitriles is 1. The third-order valence-corrected chi connectivity index (χ3v) is 12.9. The van der Waals surface area contributed by atoms with Gasteiger partial charge in [0.2, 0.25) is 0 Å². The van der Waals surface area contributed by atoms with E-state index in [0.717, 1.165) is 68.5 Å². The van der Waals surface area contributed by atoms with E-state index in [1.54, 1.807) is 6.20 Å². The minimum absolute atomic E-state index is 0.0288. The topological polar surface area (TPSA) is 75.3 Å². The van der Waals surface area contributed by atoms with Crippen molar-refractivity contribution in [1.82, 2.24) is 19.9 Å². The van der Waals surface area contributed by atoms with Crippen LogP contribution in [-0.4, -0.2) is 19.9 Å². The maximum absolute atomic E-state index is 9.90. The van der Waals surface area contributed by atoms with Gasteiger partial charge in [-0.1, -0.05) is 165 Å². The van der Waals surface area contributed by atoms with Gasteiger partial charge in [-0.2, -0.15) is 5.26 Å². The summed E-state index contributed by atoms with van der Waals surface area (Å²) < 4.78 is 0. The zero-order valence-corrected chi connectivity index (χ0v) is 34.2. The highest BCUT2D eigenvalue weighted by atomic mass is 15.0. The molecule has 0 amide bonds. The van der Waals surface area contributed by atoms with Crippen molar-refractivity contribution in [2.45, 2.75) is 37.5 Å². The van der Waals surface area contributed by atoms with Crippen LogP contribution < -0.4 is 0 Å². The van der Waals surface area contributed by atoms with E-state index in [9.17, 15) is 5.26 Å². The van der Waals surface area contributed by atoms with Crippen molar-refractivity contribution in [1.29, 1.82) is 5.26 Å². The van der Waals surface area contributed by atoms with Gasteiger partial charge < -0.3 is 0 Å². The predicted molar refractivity (Wildman–Crippen MR) is 250 cm³/mol. The van der Waals surface area contributed by atoms with Crippen LogP contribution in [0.5, 0.6) is 0 Å². The summed E-state index contributed by atoms with van der Waals surface area (Å²) in [6, 6.07) is 64.2. The first kappa shape index (κ1) is 37.2. The zero-order chi connectivity index (χ0) is 41.5. The monoisotopic (exact) mass is 795 g/mol. The molecular formula is C57H41N5. The van der Waals surface area contributed by atoms with Crippen molar-refractivity contribution < 1.29 is 0 Å². The normalized spacial score (nSPS) is 13.6. The van der Waals surface area contributed by atoms with E-state index >= 15 is 0 Å². The lowest BCUT2D eigenvalue weighted by atomic mass is 9.67. The molecule has 2 aromatic heterocycles.